The summed E-state index contributed by atoms with van der Waals surface area (Å²) in [6.45, 7) is 5.99. The van der Waals surface area contributed by atoms with Crippen molar-refractivity contribution in [2.75, 3.05) is 26.2 Å². The standard InChI is InChI=1S/C21H28N2O/c1-3-8-19(9-4-1)16-23-14-12-21(17-23)22-13-7-15-24-18-20-10-5-2-6-11-20/h1-6,8-11,21-22H,7,12-18H2. The molecule has 0 amide bonds. The Hall–Kier alpha value is -1.68. The Balaban J connectivity index is 1.24. The molecule has 0 bridgehead atoms. The van der Waals surface area contributed by atoms with Crippen LogP contribution in [0, 0.1) is 0 Å². The smallest absolute Gasteiger partial charge is 0.0716 e. The lowest BCUT2D eigenvalue weighted by molar-refractivity contribution is 0.118. The number of nitrogens with zero attached hydrogens (tertiary/aromatic N) is 1. The fourth-order valence-electron chi connectivity index (χ4n) is 3.23. The average molecular weight is 324 g/mol. The fourth-order valence-corrected chi connectivity index (χ4v) is 3.23. The third kappa shape index (κ3) is 5.75. The largest absolute Gasteiger partial charge is 0.377 e. The summed E-state index contributed by atoms with van der Waals surface area (Å²) in [4.78, 5) is 2.54. The van der Waals surface area contributed by atoms with Gasteiger partial charge >= 0.3 is 0 Å². The average Bonchev–Trinajstić information content (AvgIpc) is 3.07. The van der Waals surface area contributed by atoms with Crippen molar-refractivity contribution in [2.24, 2.45) is 0 Å². The number of rotatable bonds is 9. The van der Waals surface area contributed by atoms with Crippen molar-refractivity contribution >= 4 is 0 Å². The topological polar surface area (TPSA) is 24.5 Å². The SMILES string of the molecule is c1ccc(COCCCNC2CCN(Cc3ccccc3)C2)cc1. The molecule has 1 heterocycles. The molecule has 3 rings (SSSR count). The first-order chi connectivity index (χ1) is 11.9. The van der Waals surface area contributed by atoms with Gasteiger partial charge in [0.2, 0.25) is 0 Å². The molecule has 1 fully saturated rings. The lowest BCUT2D eigenvalue weighted by Gasteiger charge is -2.16. The van der Waals surface area contributed by atoms with Gasteiger partial charge in [-0.05, 0) is 30.5 Å². The Labute approximate surface area is 145 Å². The van der Waals surface area contributed by atoms with Gasteiger partial charge in [0, 0.05) is 32.3 Å². The summed E-state index contributed by atoms with van der Waals surface area (Å²) in [5, 5.41) is 3.67. The van der Waals surface area contributed by atoms with Gasteiger partial charge in [0.25, 0.3) is 0 Å². The first-order valence-corrected chi connectivity index (χ1v) is 9.01. The van der Waals surface area contributed by atoms with Gasteiger partial charge in [-0.2, -0.15) is 0 Å². The third-order valence-corrected chi connectivity index (χ3v) is 4.53. The molecule has 2 aromatic rings. The second kappa shape index (κ2) is 9.58. The molecule has 1 aliphatic heterocycles. The highest BCUT2D eigenvalue weighted by Gasteiger charge is 2.21. The highest BCUT2D eigenvalue weighted by atomic mass is 16.5. The van der Waals surface area contributed by atoms with Crippen LogP contribution in [0.4, 0.5) is 0 Å². The highest BCUT2D eigenvalue weighted by molar-refractivity contribution is 5.15. The molecule has 0 radical (unpaired) electrons. The maximum Gasteiger partial charge on any atom is 0.0716 e. The maximum atomic E-state index is 5.73. The van der Waals surface area contributed by atoms with E-state index in [4.69, 9.17) is 4.74 Å². The van der Waals surface area contributed by atoms with E-state index in [1.165, 1.54) is 24.1 Å². The van der Waals surface area contributed by atoms with E-state index in [1.807, 2.05) is 6.07 Å². The minimum atomic E-state index is 0.628. The maximum absolute atomic E-state index is 5.73. The molecule has 1 aliphatic rings. The van der Waals surface area contributed by atoms with Crippen molar-refractivity contribution in [3.05, 3.63) is 71.8 Å². The molecule has 1 atom stereocenters. The van der Waals surface area contributed by atoms with Gasteiger partial charge in [-0.15, -0.1) is 0 Å². The Morgan fingerprint density at radius 3 is 2.42 bits per heavy atom. The number of hydrogen-bond acceptors (Lipinski definition) is 3. The van der Waals surface area contributed by atoms with Crippen LogP contribution in [0.1, 0.15) is 24.0 Å². The summed E-state index contributed by atoms with van der Waals surface area (Å²) in [5.41, 5.74) is 2.66. The molecule has 24 heavy (non-hydrogen) atoms. The van der Waals surface area contributed by atoms with E-state index in [-0.39, 0.29) is 0 Å². The first kappa shape index (κ1) is 17.2. The summed E-state index contributed by atoms with van der Waals surface area (Å²) in [5.74, 6) is 0. The number of hydrogen-bond donors (Lipinski definition) is 1. The van der Waals surface area contributed by atoms with Crippen molar-refractivity contribution in [3.63, 3.8) is 0 Å². The lowest BCUT2D eigenvalue weighted by Crippen LogP contribution is -2.33. The van der Waals surface area contributed by atoms with Crippen LogP contribution < -0.4 is 5.32 Å². The van der Waals surface area contributed by atoms with Gasteiger partial charge in [-0.1, -0.05) is 60.7 Å². The van der Waals surface area contributed by atoms with E-state index in [9.17, 15) is 0 Å². The van der Waals surface area contributed by atoms with Crippen LogP contribution in [0.3, 0.4) is 0 Å². The zero-order chi connectivity index (χ0) is 16.5. The number of nitrogens with one attached hydrogen (secondary N) is 1. The molecular weight excluding hydrogens is 296 g/mol. The summed E-state index contributed by atoms with van der Waals surface area (Å²) in [7, 11) is 0. The van der Waals surface area contributed by atoms with Crippen molar-refractivity contribution in [1.82, 2.24) is 10.2 Å². The quantitative estimate of drug-likeness (QED) is 0.715. The molecule has 0 spiro atoms. The zero-order valence-corrected chi connectivity index (χ0v) is 14.4. The Morgan fingerprint density at radius 1 is 0.958 bits per heavy atom. The molecule has 0 aliphatic carbocycles. The van der Waals surface area contributed by atoms with Crippen molar-refractivity contribution < 1.29 is 4.74 Å². The van der Waals surface area contributed by atoms with E-state index < -0.39 is 0 Å². The lowest BCUT2D eigenvalue weighted by atomic mass is 10.2. The van der Waals surface area contributed by atoms with Gasteiger partial charge in [0.1, 0.15) is 0 Å². The van der Waals surface area contributed by atoms with Crippen LogP contribution in [-0.4, -0.2) is 37.2 Å². The van der Waals surface area contributed by atoms with E-state index in [2.05, 4.69) is 64.8 Å². The van der Waals surface area contributed by atoms with E-state index in [0.29, 0.717) is 6.04 Å². The summed E-state index contributed by atoms with van der Waals surface area (Å²) >= 11 is 0. The Morgan fingerprint density at radius 2 is 1.67 bits per heavy atom. The van der Waals surface area contributed by atoms with Crippen molar-refractivity contribution in [2.45, 2.75) is 32.0 Å². The molecule has 1 N–H and O–H groups in total. The molecule has 0 saturated carbocycles. The molecule has 1 saturated heterocycles. The van der Waals surface area contributed by atoms with Crippen LogP contribution in [0.2, 0.25) is 0 Å². The second-order valence-corrected chi connectivity index (χ2v) is 6.55. The van der Waals surface area contributed by atoms with Gasteiger partial charge in [-0.3, -0.25) is 4.90 Å². The molecule has 3 heteroatoms. The van der Waals surface area contributed by atoms with Crippen LogP contribution in [0.5, 0.6) is 0 Å². The Kier molecular flexibility index (Phi) is 6.84. The minimum Gasteiger partial charge on any atom is -0.377 e. The van der Waals surface area contributed by atoms with Gasteiger partial charge < -0.3 is 10.1 Å². The number of benzene rings is 2. The second-order valence-electron chi connectivity index (χ2n) is 6.55. The monoisotopic (exact) mass is 324 g/mol. The third-order valence-electron chi connectivity index (χ3n) is 4.53. The summed E-state index contributed by atoms with van der Waals surface area (Å²) in [6, 6.07) is 21.7. The first-order valence-electron chi connectivity index (χ1n) is 9.01. The molecule has 1 unspecified atom stereocenters. The van der Waals surface area contributed by atoms with Crippen LogP contribution in [0.15, 0.2) is 60.7 Å². The van der Waals surface area contributed by atoms with E-state index >= 15 is 0 Å². The van der Waals surface area contributed by atoms with Gasteiger partial charge in [-0.25, -0.2) is 0 Å². The summed E-state index contributed by atoms with van der Waals surface area (Å²) in [6.07, 6.45) is 2.32. The molecule has 0 aromatic heterocycles. The van der Waals surface area contributed by atoms with Crippen LogP contribution >= 0.6 is 0 Å². The summed E-state index contributed by atoms with van der Waals surface area (Å²) < 4.78 is 5.73. The van der Waals surface area contributed by atoms with Gasteiger partial charge in [0.05, 0.1) is 6.61 Å². The fraction of sp³-hybridized carbons (Fsp3) is 0.429. The van der Waals surface area contributed by atoms with Crippen LogP contribution in [-0.2, 0) is 17.9 Å². The highest BCUT2D eigenvalue weighted by Crippen LogP contribution is 2.13. The molecular formula is C21H28N2O. The molecule has 3 nitrogen and oxygen atoms in total. The molecule has 128 valence electrons. The van der Waals surface area contributed by atoms with Crippen molar-refractivity contribution in [1.29, 1.82) is 0 Å². The number of likely N-dealkylation sites (tertiary alicyclic amines) is 1. The Bertz CT molecular complexity index is 573. The predicted octanol–water partition coefficient (Wildman–Crippen LogP) is 3.46. The zero-order valence-electron chi connectivity index (χ0n) is 14.4. The van der Waals surface area contributed by atoms with Crippen LogP contribution in [0.25, 0.3) is 0 Å². The van der Waals surface area contributed by atoms with E-state index in [0.717, 1.165) is 39.3 Å². The van der Waals surface area contributed by atoms with Crippen molar-refractivity contribution in [3.8, 4) is 0 Å². The number of ether oxygens (including phenoxy) is 1. The minimum absolute atomic E-state index is 0.628. The predicted molar refractivity (Wildman–Crippen MR) is 98.8 cm³/mol. The van der Waals surface area contributed by atoms with E-state index in [1.54, 1.807) is 0 Å². The molecule has 2 aromatic carbocycles. The normalized spacial score (nSPS) is 18.1. The van der Waals surface area contributed by atoms with Gasteiger partial charge in [0.15, 0.2) is 0 Å².